The summed E-state index contributed by atoms with van der Waals surface area (Å²) in [5, 5.41) is 11.1. The Kier molecular flexibility index (Phi) is 6.61. The molecule has 1 aromatic rings. The Morgan fingerprint density at radius 3 is 2.46 bits per heavy atom. The summed E-state index contributed by atoms with van der Waals surface area (Å²) < 4.78 is 7.91. The number of nitro groups is 1. The molecule has 0 unspecified atom stereocenters. The van der Waals surface area contributed by atoms with Crippen LogP contribution >= 0.6 is 11.9 Å². The number of piperazine rings is 1. The molecule has 3 rings (SSSR count). The van der Waals surface area contributed by atoms with Crippen LogP contribution in [0.4, 0.5) is 11.4 Å². The third kappa shape index (κ3) is 4.42. The topological polar surface area (TPSA) is 62.1 Å². The van der Waals surface area contributed by atoms with Crippen LogP contribution in [0.3, 0.4) is 0 Å². The molecule has 0 N–H and O–H groups in total. The van der Waals surface area contributed by atoms with E-state index in [9.17, 15) is 10.1 Å². The second-order valence-corrected chi connectivity index (χ2v) is 7.59. The van der Waals surface area contributed by atoms with Crippen molar-refractivity contribution >= 4 is 23.3 Å². The molecule has 0 aromatic heterocycles. The Balaban J connectivity index is 1.59. The van der Waals surface area contributed by atoms with Gasteiger partial charge in [-0.1, -0.05) is 11.9 Å². The summed E-state index contributed by atoms with van der Waals surface area (Å²) in [6.45, 7) is 8.82. The molecule has 0 saturated carbocycles. The van der Waals surface area contributed by atoms with Crippen LogP contribution in [-0.2, 0) is 0 Å². The molecule has 1 aromatic carbocycles. The highest BCUT2D eigenvalue weighted by Gasteiger charge is 2.28. The summed E-state index contributed by atoms with van der Waals surface area (Å²) in [7, 11) is 0. The molecule has 0 bridgehead atoms. The summed E-state index contributed by atoms with van der Waals surface area (Å²) in [6, 6.07) is 5.88. The summed E-state index contributed by atoms with van der Waals surface area (Å²) in [5.41, 5.74) is 1.06. The van der Waals surface area contributed by atoms with Gasteiger partial charge in [0.1, 0.15) is 0 Å². The molecule has 0 radical (unpaired) electrons. The van der Waals surface area contributed by atoms with Gasteiger partial charge in [0.25, 0.3) is 0 Å². The predicted octanol–water partition coefficient (Wildman–Crippen LogP) is 2.86. The second kappa shape index (κ2) is 8.92. The van der Waals surface area contributed by atoms with Gasteiger partial charge in [0.15, 0.2) is 5.75 Å². The maximum absolute atomic E-state index is 11.1. The maximum atomic E-state index is 11.1. The van der Waals surface area contributed by atoms with Gasteiger partial charge in [-0.05, 0) is 32.1 Å². The molecule has 0 atom stereocenters. The summed E-state index contributed by atoms with van der Waals surface area (Å²) in [5.74, 6) is 0.366. The molecule has 0 amide bonds. The third-order valence-electron chi connectivity index (χ3n) is 5.32. The Labute approximate surface area is 159 Å². The van der Waals surface area contributed by atoms with Gasteiger partial charge in [0, 0.05) is 63.1 Å². The van der Waals surface area contributed by atoms with Crippen molar-refractivity contribution in [3.63, 3.8) is 0 Å². The zero-order valence-electron chi connectivity index (χ0n) is 15.6. The molecule has 2 heterocycles. The van der Waals surface area contributed by atoms with Gasteiger partial charge in [-0.2, -0.15) is 0 Å². The normalized spacial score (nSPS) is 20.3. The molecule has 144 valence electrons. The number of benzene rings is 1. The molecular weight excluding hydrogens is 352 g/mol. The molecule has 2 aliphatic heterocycles. The minimum atomic E-state index is -0.380. The van der Waals surface area contributed by atoms with E-state index in [1.165, 1.54) is 0 Å². The van der Waals surface area contributed by atoms with Gasteiger partial charge in [-0.15, -0.1) is 0 Å². The van der Waals surface area contributed by atoms with E-state index in [4.69, 9.17) is 4.74 Å². The highest BCUT2D eigenvalue weighted by Crippen LogP contribution is 2.33. The number of rotatable bonds is 6. The molecule has 8 heteroatoms. The van der Waals surface area contributed by atoms with Crippen molar-refractivity contribution in [3.8, 4) is 5.75 Å². The molecule has 7 nitrogen and oxygen atoms in total. The van der Waals surface area contributed by atoms with Crippen LogP contribution in [0.25, 0.3) is 0 Å². The van der Waals surface area contributed by atoms with E-state index in [0.29, 0.717) is 18.4 Å². The van der Waals surface area contributed by atoms with Crippen LogP contribution in [0.2, 0.25) is 0 Å². The van der Waals surface area contributed by atoms with Crippen molar-refractivity contribution < 1.29 is 9.66 Å². The quantitative estimate of drug-likeness (QED) is 0.427. The van der Waals surface area contributed by atoms with Crippen LogP contribution in [0.1, 0.15) is 19.8 Å². The Morgan fingerprint density at radius 2 is 1.88 bits per heavy atom. The molecule has 26 heavy (non-hydrogen) atoms. The number of nitrogens with zero attached hydrogens (tertiary/aromatic N) is 4. The lowest BCUT2D eigenvalue weighted by Gasteiger charge is -2.42. The zero-order chi connectivity index (χ0) is 18.5. The van der Waals surface area contributed by atoms with Crippen LogP contribution in [0, 0.1) is 10.1 Å². The first kappa shape index (κ1) is 19.3. The lowest BCUT2D eigenvalue weighted by Crippen LogP contribution is -2.51. The average molecular weight is 381 g/mol. The van der Waals surface area contributed by atoms with Gasteiger partial charge in [-0.25, -0.2) is 4.31 Å². The minimum Gasteiger partial charge on any atom is -0.487 e. The number of hydrogen-bond acceptors (Lipinski definition) is 7. The SMILES string of the molecule is CCOc1cc(N2CCC(N3CCN(SC)CC3)CC2)ccc1[N+](=O)[O-]. The molecule has 2 saturated heterocycles. The van der Waals surface area contributed by atoms with Crippen molar-refractivity contribution in [1.82, 2.24) is 9.21 Å². The van der Waals surface area contributed by atoms with E-state index >= 15 is 0 Å². The minimum absolute atomic E-state index is 0.0390. The highest BCUT2D eigenvalue weighted by atomic mass is 32.2. The van der Waals surface area contributed by atoms with Crippen molar-refractivity contribution in [2.75, 3.05) is 57.0 Å². The molecule has 2 fully saturated rings. The number of hydrogen-bond donors (Lipinski definition) is 0. The van der Waals surface area contributed by atoms with E-state index in [-0.39, 0.29) is 10.6 Å². The van der Waals surface area contributed by atoms with Gasteiger partial charge in [0.2, 0.25) is 0 Å². The van der Waals surface area contributed by atoms with E-state index in [1.807, 2.05) is 31.0 Å². The van der Waals surface area contributed by atoms with Crippen LogP contribution < -0.4 is 9.64 Å². The monoisotopic (exact) mass is 380 g/mol. The lowest BCUT2D eigenvalue weighted by molar-refractivity contribution is -0.385. The van der Waals surface area contributed by atoms with Gasteiger partial charge in [-0.3, -0.25) is 15.0 Å². The van der Waals surface area contributed by atoms with Crippen LogP contribution in [0.5, 0.6) is 5.75 Å². The first-order chi connectivity index (χ1) is 12.6. The van der Waals surface area contributed by atoms with Gasteiger partial charge < -0.3 is 9.64 Å². The number of piperidine rings is 1. The predicted molar refractivity (Wildman–Crippen MR) is 106 cm³/mol. The third-order valence-corrected chi connectivity index (χ3v) is 6.20. The molecule has 2 aliphatic rings. The zero-order valence-corrected chi connectivity index (χ0v) is 16.4. The number of ether oxygens (including phenoxy) is 1. The highest BCUT2D eigenvalue weighted by molar-refractivity contribution is 7.96. The molecule has 0 aliphatic carbocycles. The van der Waals surface area contributed by atoms with Crippen LogP contribution in [-0.4, -0.2) is 72.3 Å². The average Bonchev–Trinajstić information content (AvgIpc) is 2.68. The largest absolute Gasteiger partial charge is 0.487 e. The summed E-state index contributed by atoms with van der Waals surface area (Å²) >= 11 is 1.84. The molecule has 0 spiro atoms. The Hall–Kier alpha value is -1.51. The van der Waals surface area contributed by atoms with Crippen molar-refractivity contribution in [3.05, 3.63) is 28.3 Å². The maximum Gasteiger partial charge on any atom is 0.311 e. The fourth-order valence-electron chi connectivity index (χ4n) is 3.86. The van der Waals surface area contributed by atoms with E-state index in [1.54, 1.807) is 6.07 Å². The van der Waals surface area contributed by atoms with Crippen molar-refractivity contribution in [1.29, 1.82) is 0 Å². The fraction of sp³-hybridized carbons (Fsp3) is 0.667. The van der Waals surface area contributed by atoms with Crippen molar-refractivity contribution in [2.24, 2.45) is 0 Å². The van der Waals surface area contributed by atoms with E-state index < -0.39 is 0 Å². The van der Waals surface area contributed by atoms with E-state index in [2.05, 4.69) is 20.4 Å². The van der Waals surface area contributed by atoms with Gasteiger partial charge in [0.05, 0.1) is 11.5 Å². The first-order valence-corrected chi connectivity index (χ1v) is 10.5. The Bertz CT molecular complexity index is 614. The van der Waals surface area contributed by atoms with Gasteiger partial charge >= 0.3 is 5.69 Å². The van der Waals surface area contributed by atoms with E-state index in [0.717, 1.165) is 57.8 Å². The second-order valence-electron chi connectivity index (χ2n) is 6.71. The summed E-state index contributed by atoms with van der Waals surface area (Å²) in [4.78, 5) is 15.7. The Morgan fingerprint density at radius 1 is 1.19 bits per heavy atom. The number of nitro benzene ring substituents is 1. The standard InChI is InChI=1S/C18H28N4O3S/c1-3-25-18-14-16(4-5-17(18)22(23)24)19-8-6-15(7-9-19)20-10-12-21(26-2)13-11-20/h4-5,14-15H,3,6-13H2,1-2H3. The number of anilines is 1. The smallest absolute Gasteiger partial charge is 0.311 e. The lowest BCUT2D eigenvalue weighted by atomic mass is 10.0. The van der Waals surface area contributed by atoms with Crippen LogP contribution in [0.15, 0.2) is 18.2 Å². The first-order valence-electron chi connectivity index (χ1n) is 9.31. The summed E-state index contributed by atoms with van der Waals surface area (Å²) in [6.07, 6.45) is 4.43. The van der Waals surface area contributed by atoms with Crippen molar-refractivity contribution in [2.45, 2.75) is 25.8 Å². The fourth-order valence-corrected chi connectivity index (χ4v) is 4.39. The molecular formula is C18H28N4O3S.